The number of fused-ring (bicyclic) bond motifs is 1. The predicted octanol–water partition coefficient (Wildman–Crippen LogP) is 6.04. The van der Waals surface area contributed by atoms with E-state index in [2.05, 4.69) is 54.8 Å². The molecule has 5 rings (SSSR count). The van der Waals surface area contributed by atoms with Crippen molar-refractivity contribution in [3.8, 4) is 11.5 Å². The molecule has 1 amide bonds. The Morgan fingerprint density at radius 3 is 2.44 bits per heavy atom. The average molecular weight is 484 g/mol. The van der Waals surface area contributed by atoms with Gasteiger partial charge in [0.15, 0.2) is 0 Å². The van der Waals surface area contributed by atoms with Gasteiger partial charge in [0, 0.05) is 31.1 Å². The second-order valence-electron chi connectivity index (χ2n) is 9.49. The number of rotatable bonds is 9. The van der Waals surface area contributed by atoms with Gasteiger partial charge in [-0.05, 0) is 74.2 Å². The number of unbranched alkanes of at least 4 members (excludes halogenated alkanes) is 1. The van der Waals surface area contributed by atoms with Crippen molar-refractivity contribution in [3.05, 3.63) is 83.7 Å². The van der Waals surface area contributed by atoms with E-state index in [0.717, 1.165) is 53.4 Å². The zero-order chi connectivity index (χ0) is 25.1. The smallest absolute Gasteiger partial charge is 0.227 e. The van der Waals surface area contributed by atoms with Gasteiger partial charge in [-0.25, -0.2) is 4.98 Å². The molecule has 1 aliphatic rings. The summed E-state index contributed by atoms with van der Waals surface area (Å²) in [4.78, 5) is 19.8. The van der Waals surface area contributed by atoms with Crippen molar-refractivity contribution >= 4 is 22.6 Å². The number of aromatic nitrogens is 2. The van der Waals surface area contributed by atoms with E-state index in [-0.39, 0.29) is 11.8 Å². The molecule has 36 heavy (non-hydrogen) atoms. The van der Waals surface area contributed by atoms with Crippen LogP contribution in [0.1, 0.15) is 42.1 Å². The van der Waals surface area contributed by atoms with E-state index in [9.17, 15) is 4.79 Å². The number of amides is 1. The molecule has 4 aromatic rings. The van der Waals surface area contributed by atoms with Crippen LogP contribution < -0.4 is 14.4 Å². The molecule has 0 radical (unpaired) electrons. The fourth-order valence-corrected chi connectivity index (χ4v) is 5.11. The standard InChI is InChI=1S/C30H33N3O3/c1-21-9-8-10-22(2)29(21)36-18-7-6-17-32-27-12-5-4-11-26(27)31-30(32)23-19-28(34)33(20-23)24-13-15-25(35-3)16-14-24/h4-5,8-16,23H,6-7,17-20H2,1-3H3. The summed E-state index contributed by atoms with van der Waals surface area (Å²) in [5.41, 5.74) is 5.35. The van der Waals surface area contributed by atoms with Crippen LogP contribution in [0.4, 0.5) is 5.69 Å². The molecule has 6 heteroatoms. The zero-order valence-corrected chi connectivity index (χ0v) is 21.2. The Morgan fingerprint density at radius 1 is 0.944 bits per heavy atom. The van der Waals surface area contributed by atoms with Crippen LogP contribution in [-0.2, 0) is 11.3 Å². The van der Waals surface area contributed by atoms with Crippen LogP contribution in [0.2, 0.25) is 0 Å². The minimum Gasteiger partial charge on any atom is -0.497 e. The molecule has 1 fully saturated rings. The van der Waals surface area contributed by atoms with Gasteiger partial charge in [-0.1, -0.05) is 30.3 Å². The van der Waals surface area contributed by atoms with Gasteiger partial charge in [0.25, 0.3) is 0 Å². The molecule has 1 atom stereocenters. The topological polar surface area (TPSA) is 56.6 Å². The Morgan fingerprint density at radius 2 is 1.69 bits per heavy atom. The number of hydrogen-bond donors (Lipinski definition) is 0. The van der Waals surface area contributed by atoms with Gasteiger partial charge >= 0.3 is 0 Å². The number of hydrogen-bond acceptors (Lipinski definition) is 4. The summed E-state index contributed by atoms with van der Waals surface area (Å²) in [7, 11) is 1.65. The number of nitrogens with zero attached hydrogens (tertiary/aromatic N) is 3. The van der Waals surface area contributed by atoms with Gasteiger partial charge in [-0.3, -0.25) is 4.79 Å². The van der Waals surface area contributed by atoms with Gasteiger partial charge in [0.1, 0.15) is 17.3 Å². The van der Waals surface area contributed by atoms with Gasteiger partial charge in [-0.2, -0.15) is 0 Å². The maximum absolute atomic E-state index is 13.0. The fraction of sp³-hybridized carbons (Fsp3) is 0.333. The number of aryl methyl sites for hydroxylation is 3. The Kier molecular flexibility index (Phi) is 6.94. The lowest BCUT2D eigenvalue weighted by Crippen LogP contribution is -2.24. The second-order valence-corrected chi connectivity index (χ2v) is 9.49. The summed E-state index contributed by atoms with van der Waals surface area (Å²) in [6.45, 7) is 6.33. The lowest BCUT2D eigenvalue weighted by atomic mass is 10.1. The number of methoxy groups -OCH3 is 1. The van der Waals surface area contributed by atoms with Crippen LogP contribution in [0.5, 0.6) is 11.5 Å². The normalized spacial score (nSPS) is 15.6. The van der Waals surface area contributed by atoms with Crippen molar-refractivity contribution in [2.75, 3.05) is 25.2 Å². The summed E-state index contributed by atoms with van der Waals surface area (Å²) < 4.78 is 13.7. The first-order valence-corrected chi connectivity index (χ1v) is 12.6. The molecule has 1 unspecified atom stereocenters. The number of para-hydroxylation sites is 3. The molecule has 3 aromatic carbocycles. The summed E-state index contributed by atoms with van der Waals surface area (Å²) in [5, 5.41) is 0. The van der Waals surface area contributed by atoms with Crippen molar-refractivity contribution in [3.63, 3.8) is 0 Å². The van der Waals surface area contributed by atoms with E-state index >= 15 is 0 Å². The van der Waals surface area contributed by atoms with Crippen LogP contribution in [0.25, 0.3) is 11.0 Å². The molecule has 2 heterocycles. The van der Waals surface area contributed by atoms with Crippen LogP contribution in [0.15, 0.2) is 66.7 Å². The summed E-state index contributed by atoms with van der Waals surface area (Å²) in [6, 6.07) is 22.2. The van der Waals surface area contributed by atoms with E-state index in [1.54, 1.807) is 7.11 Å². The minimum atomic E-state index is 0.0536. The van der Waals surface area contributed by atoms with Crippen molar-refractivity contribution in [1.29, 1.82) is 0 Å². The number of carbonyl (C=O) groups is 1. The third-order valence-corrected chi connectivity index (χ3v) is 6.99. The summed E-state index contributed by atoms with van der Waals surface area (Å²) >= 11 is 0. The molecule has 6 nitrogen and oxygen atoms in total. The maximum atomic E-state index is 13.0. The van der Waals surface area contributed by atoms with Crippen LogP contribution >= 0.6 is 0 Å². The molecule has 0 bridgehead atoms. The molecule has 1 aliphatic heterocycles. The number of ether oxygens (including phenoxy) is 2. The third-order valence-electron chi connectivity index (χ3n) is 6.99. The van der Waals surface area contributed by atoms with E-state index in [4.69, 9.17) is 14.5 Å². The highest BCUT2D eigenvalue weighted by Gasteiger charge is 2.34. The lowest BCUT2D eigenvalue weighted by Gasteiger charge is -2.18. The van der Waals surface area contributed by atoms with Crippen LogP contribution in [0, 0.1) is 13.8 Å². The molecule has 0 aliphatic carbocycles. The Labute approximate surface area is 212 Å². The molecule has 1 aromatic heterocycles. The van der Waals surface area contributed by atoms with Gasteiger partial charge in [-0.15, -0.1) is 0 Å². The van der Waals surface area contributed by atoms with Crippen molar-refractivity contribution in [2.45, 2.75) is 45.6 Å². The van der Waals surface area contributed by atoms with Crippen molar-refractivity contribution < 1.29 is 14.3 Å². The second kappa shape index (κ2) is 10.4. The van der Waals surface area contributed by atoms with Crippen molar-refractivity contribution in [1.82, 2.24) is 9.55 Å². The van der Waals surface area contributed by atoms with E-state index < -0.39 is 0 Å². The fourth-order valence-electron chi connectivity index (χ4n) is 5.11. The molecular weight excluding hydrogens is 450 g/mol. The van der Waals surface area contributed by atoms with Gasteiger partial charge < -0.3 is 18.9 Å². The molecule has 1 saturated heterocycles. The van der Waals surface area contributed by atoms with E-state index in [1.807, 2.05) is 35.2 Å². The van der Waals surface area contributed by atoms with E-state index in [0.29, 0.717) is 19.6 Å². The highest BCUT2D eigenvalue weighted by molar-refractivity contribution is 5.96. The van der Waals surface area contributed by atoms with Crippen LogP contribution in [-0.4, -0.2) is 35.7 Å². The minimum absolute atomic E-state index is 0.0536. The van der Waals surface area contributed by atoms with Crippen LogP contribution in [0.3, 0.4) is 0 Å². The SMILES string of the molecule is COc1ccc(N2CC(c3nc4ccccc4n3CCCCOc3c(C)cccc3C)CC2=O)cc1. The first-order chi connectivity index (χ1) is 17.5. The lowest BCUT2D eigenvalue weighted by molar-refractivity contribution is -0.117. The van der Waals surface area contributed by atoms with E-state index in [1.165, 1.54) is 11.1 Å². The number of anilines is 1. The molecular formula is C30H33N3O3. The first kappa shape index (κ1) is 23.9. The first-order valence-electron chi connectivity index (χ1n) is 12.6. The molecule has 0 saturated carbocycles. The number of carbonyl (C=O) groups excluding carboxylic acids is 1. The van der Waals surface area contributed by atoms with Gasteiger partial charge in [0.2, 0.25) is 5.91 Å². The highest BCUT2D eigenvalue weighted by Crippen LogP contribution is 2.34. The third kappa shape index (κ3) is 4.81. The molecule has 0 spiro atoms. The molecule has 186 valence electrons. The van der Waals surface area contributed by atoms with Gasteiger partial charge in [0.05, 0.1) is 24.8 Å². The largest absolute Gasteiger partial charge is 0.497 e. The Hall–Kier alpha value is -3.80. The Bertz CT molecular complexity index is 1340. The average Bonchev–Trinajstić information content (AvgIpc) is 3.46. The summed E-state index contributed by atoms with van der Waals surface area (Å²) in [5.74, 6) is 2.96. The summed E-state index contributed by atoms with van der Waals surface area (Å²) in [6.07, 6.45) is 2.38. The zero-order valence-electron chi connectivity index (χ0n) is 21.2. The Balaban J connectivity index is 1.29. The predicted molar refractivity (Wildman–Crippen MR) is 143 cm³/mol. The highest BCUT2D eigenvalue weighted by atomic mass is 16.5. The number of benzene rings is 3. The monoisotopic (exact) mass is 483 g/mol. The number of imidazole rings is 1. The molecule has 0 N–H and O–H groups in total. The quantitative estimate of drug-likeness (QED) is 0.272. The maximum Gasteiger partial charge on any atom is 0.227 e. The van der Waals surface area contributed by atoms with Crippen molar-refractivity contribution in [2.24, 2.45) is 0 Å².